The van der Waals surface area contributed by atoms with Crippen LogP contribution < -0.4 is 9.47 Å². The van der Waals surface area contributed by atoms with Crippen LogP contribution in [0, 0.1) is 5.92 Å². The van der Waals surface area contributed by atoms with Crippen LogP contribution in [0.1, 0.15) is 44.8 Å². The number of ether oxygens (including phenoxy) is 3. The van der Waals surface area contributed by atoms with E-state index in [1.165, 1.54) is 6.07 Å². The van der Waals surface area contributed by atoms with Crippen LogP contribution in [0.4, 0.5) is 13.2 Å². The smallest absolute Gasteiger partial charge is 0.491 e. The Morgan fingerprint density at radius 1 is 1.13 bits per heavy atom. The molecule has 1 aromatic carbocycles. The molecule has 2 aromatic heterocycles. The second-order valence-electron chi connectivity index (χ2n) is 9.15. The third-order valence-corrected chi connectivity index (χ3v) is 5.95. The van der Waals surface area contributed by atoms with Crippen molar-refractivity contribution in [3.63, 3.8) is 0 Å². The SMILES string of the molecule is C=CC(=O)OCC(CO)CCC(O)COc1ccc2cc(-c3oc(CCCCC)cc3OC(F)(F)F)oc2c1. The van der Waals surface area contributed by atoms with Crippen molar-refractivity contribution in [1.29, 1.82) is 0 Å². The van der Waals surface area contributed by atoms with Gasteiger partial charge in [0.25, 0.3) is 0 Å². The molecule has 0 bridgehead atoms. The topological polar surface area (TPSA) is 112 Å². The summed E-state index contributed by atoms with van der Waals surface area (Å²) in [7, 11) is 0. The molecule has 11 heteroatoms. The van der Waals surface area contributed by atoms with Gasteiger partial charge >= 0.3 is 12.3 Å². The van der Waals surface area contributed by atoms with E-state index >= 15 is 0 Å². The molecule has 0 radical (unpaired) electrons. The highest BCUT2D eigenvalue weighted by molar-refractivity contribution is 5.84. The van der Waals surface area contributed by atoms with Gasteiger partial charge in [0.1, 0.15) is 23.7 Å². The average molecular weight is 555 g/mol. The average Bonchev–Trinajstić information content (AvgIpc) is 3.49. The van der Waals surface area contributed by atoms with E-state index in [-0.39, 0.29) is 37.3 Å². The van der Waals surface area contributed by atoms with Crippen molar-refractivity contribution in [3.8, 4) is 23.0 Å². The molecule has 0 saturated carbocycles. The zero-order chi connectivity index (χ0) is 28.4. The first-order valence-corrected chi connectivity index (χ1v) is 12.7. The number of furan rings is 2. The fourth-order valence-electron chi connectivity index (χ4n) is 3.87. The molecule has 214 valence electrons. The maximum absolute atomic E-state index is 13.0. The zero-order valence-corrected chi connectivity index (χ0v) is 21.7. The number of unbranched alkanes of at least 4 members (excludes halogenated alkanes) is 2. The molecule has 3 aromatic rings. The van der Waals surface area contributed by atoms with Gasteiger partial charge in [-0.15, -0.1) is 13.2 Å². The summed E-state index contributed by atoms with van der Waals surface area (Å²) in [5.74, 6) is -0.696. The number of alkyl halides is 3. The highest BCUT2D eigenvalue weighted by atomic mass is 19.4. The summed E-state index contributed by atoms with van der Waals surface area (Å²) in [5.41, 5.74) is 0.350. The van der Waals surface area contributed by atoms with Crippen LogP contribution in [0.5, 0.6) is 11.5 Å². The zero-order valence-electron chi connectivity index (χ0n) is 21.7. The highest BCUT2D eigenvalue weighted by Crippen LogP contribution is 2.40. The molecule has 0 aliphatic carbocycles. The van der Waals surface area contributed by atoms with Crippen molar-refractivity contribution in [2.75, 3.05) is 19.8 Å². The molecule has 0 aliphatic heterocycles. The molecule has 2 atom stereocenters. The summed E-state index contributed by atoms with van der Waals surface area (Å²) in [5, 5.41) is 20.3. The molecule has 0 fully saturated rings. The molecule has 2 N–H and O–H groups in total. The van der Waals surface area contributed by atoms with E-state index in [1.54, 1.807) is 24.3 Å². The number of fused-ring (bicyclic) bond motifs is 1. The number of aliphatic hydroxyl groups excluding tert-OH is 2. The van der Waals surface area contributed by atoms with E-state index in [1.807, 2.05) is 6.92 Å². The number of carbonyl (C=O) groups excluding carboxylic acids is 1. The second-order valence-corrected chi connectivity index (χ2v) is 9.15. The fraction of sp³-hybridized carbons (Fsp3) is 0.464. The minimum Gasteiger partial charge on any atom is -0.491 e. The van der Waals surface area contributed by atoms with Crippen LogP contribution in [-0.2, 0) is 16.0 Å². The highest BCUT2D eigenvalue weighted by Gasteiger charge is 2.34. The Hall–Kier alpha value is -3.44. The maximum atomic E-state index is 13.0. The monoisotopic (exact) mass is 554 g/mol. The van der Waals surface area contributed by atoms with Gasteiger partial charge in [-0.1, -0.05) is 26.3 Å². The maximum Gasteiger partial charge on any atom is 0.573 e. The molecule has 0 spiro atoms. The number of aryl methyl sites for hydroxylation is 1. The number of halogens is 3. The van der Waals surface area contributed by atoms with E-state index < -0.39 is 24.2 Å². The van der Waals surface area contributed by atoms with Gasteiger partial charge in [-0.2, -0.15) is 0 Å². The van der Waals surface area contributed by atoms with E-state index in [0.717, 1.165) is 25.3 Å². The molecule has 3 rings (SSSR count). The van der Waals surface area contributed by atoms with Crippen molar-refractivity contribution in [2.24, 2.45) is 5.92 Å². The van der Waals surface area contributed by atoms with Crippen molar-refractivity contribution < 1.29 is 51.2 Å². The van der Waals surface area contributed by atoms with Gasteiger partial charge in [0.2, 0.25) is 5.76 Å². The van der Waals surface area contributed by atoms with E-state index in [0.29, 0.717) is 41.7 Å². The standard InChI is InChI=1S/C28H33F3O8/c1-3-5-6-7-22-14-25(39-28(29,30)31)27(37-22)24-12-19-9-11-21(13-23(19)38-24)35-17-20(33)10-8-18(15-32)16-36-26(34)4-2/h4,9,11-14,18,20,32-33H,2-3,5-8,10,15-17H2,1H3. The number of hydrogen-bond acceptors (Lipinski definition) is 8. The van der Waals surface area contributed by atoms with Gasteiger partial charge in [0.05, 0.1) is 12.7 Å². The molecule has 8 nitrogen and oxygen atoms in total. The molecule has 0 saturated heterocycles. The Morgan fingerprint density at radius 3 is 2.62 bits per heavy atom. The number of aliphatic hydroxyl groups is 2. The largest absolute Gasteiger partial charge is 0.573 e. The Labute approximate surface area is 223 Å². The summed E-state index contributed by atoms with van der Waals surface area (Å²) in [6.45, 7) is 5.09. The first-order chi connectivity index (χ1) is 18.6. The van der Waals surface area contributed by atoms with Crippen LogP contribution >= 0.6 is 0 Å². The summed E-state index contributed by atoms with van der Waals surface area (Å²) >= 11 is 0. The van der Waals surface area contributed by atoms with Gasteiger partial charge < -0.3 is 33.3 Å². The Morgan fingerprint density at radius 2 is 1.92 bits per heavy atom. The van der Waals surface area contributed by atoms with E-state index in [9.17, 15) is 28.2 Å². The molecule has 39 heavy (non-hydrogen) atoms. The first kappa shape index (κ1) is 30.1. The Kier molecular flexibility index (Phi) is 10.9. The Bertz CT molecular complexity index is 1210. The lowest BCUT2D eigenvalue weighted by atomic mass is 10.0. The molecule has 2 unspecified atom stereocenters. The number of benzene rings is 1. The van der Waals surface area contributed by atoms with Gasteiger partial charge in [-0.05, 0) is 37.5 Å². The predicted molar refractivity (Wildman–Crippen MR) is 136 cm³/mol. The van der Waals surface area contributed by atoms with E-state index in [2.05, 4.69) is 11.3 Å². The van der Waals surface area contributed by atoms with Crippen molar-refractivity contribution >= 4 is 16.9 Å². The quantitative estimate of drug-likeness (QED) is 0.123. The van der Waals surface area contributed by atoms with E-state index in [4.69, 9.17) is 18.3 Å². The molecular weight excluding hydrogens is 521 g/mol. The number of rotatable bonds is 16. The second kappa shape index (κ2) is 14.1. The van der Waals surface area contributed by atoms with Gasteiger partial charge in [-0.3, -0.25) is 0 Å². The van der Waals surface area contributed by atoms with Crippen molar-refractivity contribution in [1.82, 2.24) is 0 Å². The van der Waals surface area contributed by atoms with Gasteiger partial charge in [-0.25, -0.2) is 4.79 Å². The number of esters is 1. The third kappa shape index (κ3) is 9.36. The molecular formula is C28H33F3O8. The van der Waals surface area contributed by atoms with Crippen LogP contribution in [0.15, 0.2) is 51.8 Å². The first-order valence-electron chi connectivity index (χ1n) is 12.7. The normalized spacial score (nSPS) is 13.3. The Balaban J connectivity index is 1.65. The van der Waals surface area contributed by atoms with Crippen LogP contribution in [0.3, 0.4) is 0 Å². The summed E-state index contributed by atoms with van der Waals surface area (Å²) < 4.78 is 65.2. The summed E-state index contributed by atoms with van der Waals surface area (Å²) in [4.78, 5) is 11.2. The predicted octanol–water partition coefficient (Wildman–Crippen LogP) is 6.18. The van der Waals surface area contributed by atoms with Crippen LogP contribution in [0.2, 0.25) is 0 Å². The van der Waals surface area contributed by atoms with Crippen LogP contribution in [-0.4, -0.2) is 48.5 Å². The van der Waals surface area contributed by atoms with Gasteiger partial charge in [0.15, 0.2) is 11.5 Å². The van der Waals surface area contributed by atoms with Crippen LogP contribution in [0.25, 0.3) is 22.5 Å². The number of hydrogen-bond donors (Lipinski definition) is 2. The lowest BCUT2D eigenvalue weighted by molar-refractivity contribution is -0.274. The lowest BCUT2D eigenvalue weighted by Gasteiger charge is -2.17. The van der Waals surface area contributed by atoms with Crippen molar-refractivity contribution in [3.05, 3.63) is 48.7 Å². The fourth-order valence-corrected chi connectivity index (χ4v) is 3.87. The molecule has 2 heterocycles. The summed E-state index contributed by atoms with van der Waals surface area (Å²) in [6, 6.07) is 7.68. The number of carbonyl (C=O) groups is 1. The third-order valence-electron chi connectivity index (χ3n) is 5.95. The summed E-state index contributed by atoms with van der Waals surface area (Å²) in [6.07, 6.45) is -0.892. The molecule has 0 aliphatic rings. The van der Waals surface area contributed by atoms with Crippen molar-refractivity contribution in [2.45, 2.75) is 57.9 Å². The lowest BCUT2D eigenvalue weighted by Crippen LogP contribution is -2.22. The minimum absolute atomic E-state index is 0.0120. The minimum atomic E-state index is -4.89. The van der Waals surface area contributed by atoms with Gasteiger partial charge in [0, 0.05) is 42.5 Å². The molecule has 0 amide bonds.